The van der Waals surface area contributed by atoms with E-state index < -0.39 is 0 Å². The highest BCUT2D eigenvalue weighted by Gasteiger charge is 2.05. The van der Waals surface area contributed by atoms with Gasteiger partial charge in [-0.05, 0) is 42.5 Å². The van der Waals surface area contributed by atoms with Crippen LogP contribution in [0.1, 0.15) is 0 Å². The second kappa shape index (κ2) is 8.30. The lowest BCUT2D eigenvalue weighted by Gasteiger charge is -2.07. The molecule has 3 aromatic rings. The zero-order valence-electron chi connectivity index (χ0n) is 13.4. The lowest BCUT2D eigenvalue weighted by molar-refractivity contribution is -0.123. The standard InChI is InChI=1S/C18H17ClN4O2/c19-14-4-6-15(7-5-14)25-13-18(24)21-10-12-23-11-8-17(22-23)16-3-1-2-9-20-16/h1-9,11H,10,12-13H2,(H,21,24). The van der Waals surface area contributed by atoms with Gasteiger partial charge in [0.2, 0.25) is 0 Å². The summed E-state index contributed by atoms with van der Waals surface area (Å²) in [7, 11) is 0. The minimum atomic E-state index is -0.188. The van der Waals surface area contributed by atoms with Crippen molar-refractivity contribution in [3.8, 4) is 17.1 Å². The minimum Gasteiger partial charge on any atom is -0.484 e. The summed E-state index contributed by atoms with van der Waals surface area (Å²) in [6.07, 6.45) is 3.59. The highest BCUT2D eigenvalue weighted by molar-refractivity contribution is 6.30. The Kier molecular flexibility index (Phi) is 5.64. The summed E-state index contributed by atoms with van der Waals surface area (Å²) < 4.78 is 7.15. The fourth-order valence-electron chi connectivity index (χ4n) is 2.18. The van der Waals surface area contributed by atoms with Gasteiger partial charge in [0.05, 0.1) is 12.2 Å². The number of carbonyl (C=O) groups excluding carboxylic acids is 1. The first kappa shape index (κ1) is 17.0. The van der Waals surface area contributed by atoms with Gasteiger partial charge in [-0.3, -0.25) is 14.5 Å². The maximum absolute atomic E-state index is 11.8. The zero-order valence-corrected chi connectivity index (χ0v) is 14.2. The van der Waals surface area contributed by atoms with Gasteiger partial charge >= 0.3 is 0 Å². The molecule has 0 spiro atoms. The molecule has 7 heteroatoms. The molecule has 2 heterocycles. The zero-order chi connectivity index (χ0) is 17.5. The van der Waals surface area contributed by atoms with Crippen molar-refractivity contribution in [3.05, 3.63) is 65.9 Å². The van der Waals surface area contributed by atoms with Crippen molar-refractivity contribution < 1.29 is 9.53 Å². The fraction of sp³-hybridized carbons (Fsp3) is 0.167. The molecule has 6 nitrogen and oxygen atoms in total. The van der Waals surface area contributed by atoms with Crippen LogP contribution in [0.3, 0.4) is 0 Å². The predicted molar refractivity (Wildman–Crippen MR) is 95.4 cm³/mol. The van der Waals surface area contributed by atoms with E-state index in [4.69, 9.17) is 16.3 Å². The molecule has 3 rings (SSSR count). The van der Waals surface area contributed by atoms with E-state index in [1.807, 2.05) is 30.5 Å². The number of rotatable bonds is 7. The molecule has 0 atom stereocenters. The molecular weight excluding hydrogens is 340 g/mol. The van der Waals surface area contributed by atoms with Crippen LogP contribution in [0.5, 0.6) is 5.75 Å². The van der Waals surface area contributed by atoms with E-state index in [1.165, 1.54) is 0 Å². The van der Waals surface area contributed by atoms with Gasteiger partial charge in [0.25, 0.3) is 5.91 Å². The molecule has 2 aromatic heterocycles. The van der Waals surface area contributed by atoms with Gasteiger partial charge < -0.3 is 10.1 Å². The molecule has 0 unspecified atom stereocenters. The Balaban J connectivity index is 1.41. The number of carbonyl (C=O) groups is 1. The number of benzene rings is 1. The first-order chi connectivity index (χ1) is 12.2. The second-order valence-electron chi connectivity index (χ2n) is 5.27. The molecule has 1 amide bonds. The second-order valence-corrected chi connectivity index (χ2v) is 5.71. The van der Waals surface area contributed by atoms with Crippen molar-refractivity contribution in [2.45, 2.75) is 6.54 Å². The number of amides is 1. The number of nitrogens with zero attached hydrogens (tertiary/aromatic N) is 3. The predicted octanol–water partition coefficient (Wildman–Crippen LogP) is 2.79. The van der Waals surface area contributed by atoms with Crippen molar-refractivity contribution in [1.29, 1.82) is 0 Å². The molecule has 128 valence electrons. The van der Waals surface area contributed by atoms with E-state index in [0.717, 1.165) is 11.4 Å². The molecule has 1 N–H and O–H groups in total. The molecule has 0 saturated heterocycles. The largest absolute Gasteiger partial charge is 0.484 e. The SMILES string of the molecule is O=C(COc1ccc(Cl)cc1)NCCn1ccc(-c2ccccn2)n1. The van der Waals surface area contributed by atoms with Crippen LogP contribution in [0.15, 0.2) is 60.9 Å². The van der Waals surface area contributed by atoms with Crippen LogP contribution in [0, 0.1) is 0 Å². The average molecular weight is 357 g/mol. The van der Waals surface area contributed by atoms with E-state index in [2.05, 4.69) is 15.4 Å². The number of ether oxygens (including phenoxy) is 1. The van der Waals surface area contributed by atoms with Crippen LogP contribution >= 0.6 is 11.6 Å². The van der Waals surface area contributed by atoms with Gasteiger partial charge in [0, 0.05) is 24.0 Å². The van der Waals surface area contributed by atoms with Gasteiger partial charge in [0.1, 0.15) is 11.4 Å². The van der Waals surface area contributed by atoms with Crippen LogP contribution in [0.25, 0.3) is 11.4 Å². The van der Waals surface area contributed by atoms with Crippen LogP contribution < -0.4 is 10.1 Å². The monoisotopic (exact) mass is 356 g/mol. The van der Waals surface area contributed by atoms with Crippen molar-refractivity contribution in [2.24, 2.45) is 0 Å². The highest BCUT2D eigenvalue weighted by atomic mass is 35.5. The van der Waals surface area contributed by atoms with Gasteiger partial charge in [-0.1, -0.05) is 17.7 Å². The van der Waals surface area contributed by atoms with Gasteiger partial charge in [-0.25, -0.2) is 0 Å². The molecule has 0 fully saturated rings. The normalized spacial score (nSPS) is 10.4. The van der Waals surface area contributed by atoms with E-state index in [9.17, 15) is 4.79 Å². The minimum absolute atomic E-state index is 0.0417. The van der Waals surface area contributed by atoms with E-state index in [1.54, 1.807) is 35.1 Å². The summed E-state index contributed by atoms with van der Waals surface area (Å²) in [4.78, 5) is 16.1. The smallest absolute Gasteiger partial charge is 0.258 e. The Morgan fingerprint density at radius 1 is 1.12 bits per heavy atom. The summed E-state index contributed by atoms with van der Waals surface area (Å²) in [5.41, 5.74) is 1.62. The van der Waals surface area contributed by atoms with Gasteiger partial charge in [0.15, 0.2) is 6.61 Å². The third kappa shape index (κ3) is 5.06. The van der Waals surface area contributed by atoms with Gasteiger partial charge in [-0.15, -0.1) is 0 Å². The Morgan fingerprint density at radius 2 is 1.96 bits per heavy atom. The highest BCUT2D eigenvalue weighted by Crippen LogP contribution is 2.15. The number of pyridine rings is 1. The first-order valence-corrected chi connectivity index (χ1v) is 8.18. The molecule has 0 aliphatic rings. The molecular formula is C18H17ClN4O2. The Bertz CT molecular complexity index is 819. The van der Waals surface area contributed by atoms with E-state index >= 15 is 0 Å². The average Bonchev–Trinajstić information content (AvgIpc) is 3.11. The van der Waals surface area contributed by atoms with Crippen LogP contribution in [-0.2, 0) is 11.3 Å². The third-order valence-electron chi connectivity index (χ3n) is 3.41. The number of nitrogens with one attached hydrogen (secondary N) is 1. The quantitative estimate of drug-likeness (QED) is 0.706. The lowest BCUT2D eigenvalue weighted by atomic mass is 10.3. The summed E-state index contributed by atoms with van der Waals surface area (Å²) in [5.74, 6) is 0.415. The van der Waals surface area contributed by atoms with Crippen molar-refractivity contribution in [2.75, 3.05) is 13.2 Å². The Morgan fingerprint density at radius 3 is 2.72 bits per heavy atom. The summed E-state index contributed by atoms with van der Waals surface area (Å²) >= 11 is 5.79. The third-order valence-corrected chi connectivity index (χ3v) is 3.67. The summed E-state index contributed by atoms with van der Waals surface area (Å²) in [5, 5.41) is 7.86. The molecule has 0 aliphatic heterocycles. The lowest BCUT2D eigenvalue weighted by Crippen LogP contribution is -2.31. The van der Waals surface area contributed by atoms with Crippen molar-refractivity contribution in [1.82, 2.24) is 20.1 Å². The molecule has 0 aliphatic carbocycles. The fourth-order valence-corrected chi connectivity index (χ4v) is 2.30. The molecule has 1 aromatic carbocycles. The van der Waals surface area contributed by atoms with Crippen LogP contribution in [0.4, 0.5) is 0 Å². The van der Waals surface area contributed by atoms with E-state index in [-0.39, 0.29) is 12.5 Å². The van der Waals surface area contributed by atoms with Crippen LogP contribution in [-0.4, -0.2) is 33.8 Å². The molecule has 0 saturated carbocycles. The summed E-state index contributed by atoms with van der Waals surface area (Å²) in [6.45, 7) is 0.992. The topological polar surface area (TPSA) is 69.0 Å². The number of aromatic nitrogens is 3. The van der Waals surface area contributed by atoms with Crippen molar-refractivity contribution in [3.63, 3.8) is 0 Å². The number of halogens is 1. The number of hydrogen-bond donors (Lipinski definition) is 1. The molecule has 0 bridgehead atoms. The Labute approximate surface area is 150 Å². The number of hydrogen-bond acceptors (Lipinski definition) is 4. The van der Waals surface area contributed by atoms with E-state index in [0.29, 0.717) is 23.9 Å². The summed E-state index contributed by atoms with van der Waals surface area (Å²) in [6, 6.07) is 14.5. The van der Waals surface area contributed by atoms with Gasteiger partial charge in [-0.2, -0.15) is 5.10 Å². The first-order valence-electron chi connectivity index (χ1n) is 7.80. The van der Waals surface area contributed by atoms with Crippen molar-refractivity contribution >= 4 is 17.5 Å². The maximum Gasteiger partial charge on any atom is 0.258 e. The maximum atomic E-state index is 11.8. The molecule has 25 heavy (non-hydrogen) atoms. The molecule has 0 radical (unpaired) electrons. The van der Waals surface area contributed by atoms with Crippen LogP contribution in [0.2, 0.25) is 5.02 Å². The Hall–Kier alpha value is -2.86.